The number of piperazine rings is 1. The third-order valence-corrected chi connectivity index (χ3v) is 4.64. The van der Waals surface area contributed by atoms with Crippen LogP contribution in [-0.4, -0.2) is 57.5 Å². The minimum Gasteiger partial charge on any atom is -0.301 e. The molecular weight excluding hydrogens is 286 g/mol. The van der Waals surface area contributed by atoms with Crippen LogP contribution in [0.3, 0.4) is 0 Å². The van der Waals surface area contributed by atoms with Crippen LogP contribution in [0.1, 0.15) is 19.4 Å². The van der Waals surface area contributed by atoms with Gasteiger partial charge in [-0.1, -0.05) is 31.5 Å². The maximum absolute atomic E-state index is 10.7. The lowest BCUT2D eigenvalue weighted by molar-refractivity contribution is 0.142. The van der Waals surface area contributed by atoms with Gasteiger partial charge in [0, 0.05) is 26.2 Å². The molecule has 1 fully saturated rings. The van der Waals surface area contributed by atoms with Crippen molar-refractivity contribution in [2.24, 2.45) is 5.14 Å². The summed E-state index contributed by atoms with van der Waals surface area (Å²) in [5.74, 6) is 0. The number of nitrogens with zero attached hydrogens (tertiary/aromatic N) is 2. The second-order valence-corrected chi connectivity index (χ2v) is 6.79. The number of likely N-dealkylation sites (N-methyl/N-ethyl adjacent to an activating group) is 2. The molecule has 0 aliphatic carbocycles. The van der Waals surface area contributed by atoms with Crippen molar-refractivity contribution in [2.75, 3.05) is 39.3 Å². The van der Waals surface area contributed by atoms with Crippen molar-refractivity contribution in [2.45, 2.75) is 25.7 Å². The minimum absolute atomic E-state index is 0.156. The number of hydrogen-bond donors (Lipinski definition) is 1. The second kappa shape index (κ2) is 8.48. The first-order valence-corrected chi connectivity index (χ1v) is 8.95. The van der Waals surface area contributed by atoms with Gasteiger partial charge < -0.3 is 9.80 Å². The lowest BCUT2D eigenvalue weighted by Gasteiger charge is -2.33. The Hall–Kier alpha value is -0.950. The van der Waals surface area contributed by atoms with Gasteiger partial charge in [-0.15, -0.1) is 0 Å². The third kappa shape index (κ3) is 6.56. The topological polar surface area (TPSA) is 66.6 Å². The number of hydrogen-bond acceptors (Lipinski definition) is 4. The lowest BCUT2D eigenvalue weighted by Crippen LogP contribution is -2.45. The van der Waals surface area contributed by atoms with E-state index in [1.165, 1.54) is 51.4 Å². The van der Waals surface area contributed by atoms with E-state index in [0.29, 0.717) is 0 Å². The number of rotatable bonds is 3. The zero-order valence-corrected chi connectivity index (χ0v) is 14.1. The zero-order valence-electron chi connectivity index (χ0n) is 13.2. The standard InChI is InChI=1S/C8H18N2.C7H9NO2S/c1-3-9-5-7-10(4-2)8-6-9;1-6-2-4-7(5-3-6)11(8,9)10/h3-8H2,1-2H3;2-5H,1H3,(H2,8,9,10). The fourth-order valence-electron chi connectivity index (χ4n) is 2.15. The normalized spacial score (nSPS) is 17.1. The Bertz CT molecular complexity index is 494. The minimum atomic E-state index is -3.52. The molecule has 5 nitrogen and oxygen atoms in total. The maximum Gasteiger partial charge on any atom is 0.238 e. The summed E-state index contributed by atoms with van der Waals surface area (Å²) in [6.45, 7) is 13.9. The summed E-state index contributed by atoms with van der Waals surface area (Å²) in [5.41, 5.74) is 1.01. The van der Waals surface area contributed by atoms with E-state index in [9.17, 15) is 8.42 Å². The molecule has 2 N–H and O–H groups in total. The lowest BCUT2D eigenvalue weighted by atomic mass is 10.2. The van der Waals surface area contributed by atoms with Crippen LogP contribution >= 0.6 is 0 Å². The zero-order chi connectivity index (χ0) is 15.9. The first-order valence-electron chi connectivity index (χ1n) is 7.41. The molecule has 0 saturated carbocycles. The second-order valence-electron chi connectivity index (χ2n) is 5.23. The first-order chi connectivity index (χ1) is 9.86. The summed E-state index contributed by atoms with van der Waals surface area (Å²) in [6, 6.07) is 6.40. The van der Waals surface area contributed by atoms with E-state index < -0.39 is 10.0 Å². The van der Waals surface area contributed by atoms with Gasteiger partial charge in [0.05, 0.1) is 4.90 Å². The Morgan fingerprint density at radius 1 is 0.952 bits per heavy atom. The van der Waals surface area contributed by atoms with Gasteiger partial charge in [-0.05, 0) is 32.1 Å². The molecule has 1 saturated heterocycles. The molecule has 0 unspecified atom stereocenters. The summed E-state index contributed by atoms with van der Waals surface area (Å²) >= 11 is 0. The van der Waals surface area contributed by atoms with Crippen LogP contribution in [0.5, 0.6) is 0 Å². The predicted octanol–water partition coefficient (Wildman–Crippen LogP) is 1.29. The molecule has 0 amide bonds. The SMILES string of the molecule is CCN1CCN(CC)CC1.Cc1ccc(S(N)(=O)=O)cc1. The molecule has 6 heteroatoms. The van der Waals surface area contributed by atoms with Crippen LogP contribution in [0.4, 0.5) is 0 Å². The van der Waals surface area contributed by atoms with Crippen molar-refractivity contribution in [3.63, 3.8) is 0 Å². The fraction of sp³-hybridized carbons (Fsp3) is 0.600. The van der Waals surface area contributed by atoms with Gasteiger partial charge in [-0.3, -0.25) is 0 Å². The van der Waals surface area contributed by atoms with Crippen LogP contribution in [0, 0.1) is 6.92 Å². The molecule has 0 radical (unpaired) electrons. The Kier molecular flexibility index (Phi) is 7.31. The highest BCUT2D eigenvalue weighted by Crippen LogP contribution is 2.06. The molecule has 1 aliphatic heterocycles. The van der Waals surface area contributed by atoms with Gasteiger partial charge in [0.1, 0.15) is 0 Å². The van der Waals surface area contributed by atoms with Gasteiger partial charge >= 0.3 is 0 Å². The summed E-state index contributed by atoms with van der Waals surface area (Å²) in [7, 11) is -3.52. The van der Waals surface area contributed by atoms with E-state index in [-0.39, 0.29) is 4.90 Å². The number of aryl methyl sites for hydroxylation is 1. The molecule has 1 aliphatic rings. The molecule has 1 aromatic rings. The largest absolute Gasteiger partial charge is 0.301 e. The first kappa shape index (κ1) is 18.1. The van der Waals surface area contributed by atoms with E-state index >= 15 is 0 Å². The smallest absolute Gasteiger partial charge is 0.238 e. The van der Waals surface area contributed by atoms with Gasteiger partial charge in [0.15, 0.2) is 0 Å². The number of primary sulfonamides is 1. The van der Waals surface area contributed by atoms with Gasteiger partial charge in [-0.25, -0.2) is 13.6 Å². The van der Waals surface area contributed by atoms with Gasteiger partial charge in [-0.2, -0.15) is 0 Å². The quantitative estimate of drug-likeness (QED) is 0.913. The number of nitrogens with two attached hydrogens (primary N) is 1. The van der Waals surface area contributed by atoms with Crippen LogP contribution < -0.4 is 5.14 Å². The van der Waals surface area contributed by atoms with Crippen LogP contribution in [0.25, 0.3) is 0 Å². The Balaban J connectivity index is 0.000000211. The Morgan fingerprint density at radius 3 is 1.62 bits per heavy atom. The van der Waals surface area contributed by atoms with Crippen molar-refractivity contribution in [1.82, 2.24) is 9.80 Å². The number of benzene rings is 1. The summed E-state index contributed by atoms with van der Waals surface area (Å²) in [5, 5.41) is 4.88. The third-order valence-electron chi connectivity index (χ3n) is 3.71. The van der Waals surface area contributed by atoms with Crippen molar-refractivity contribution >= 4 is 10.0 Å². The average Bonchev–Trinajstić information content (AvgIpc) is 2.47. The monoisotopic (exact) mass is 313 g/mol. The Morgan fingerprint density at radius 2 is 1.33 bits per heavy atom. The van der Waals surface area contributed by atoms with Gasteiger partial charge in [0.2, 0.25) is 10.0 Å². The molecule has 0 aromatic heterocycles. The molecule has 21 heavy (non-hydrogen) atoms. The number of sulfonamides is 1. The molecule has 120 valence electrons. The van der Waals surface area contributed by atoms with Crippen molar-refractivity contribution in [3.8, 4) is 0 Å². The molecule has 0 atom stereocenters. The van der Waals surface area contributed by atoms with E-state index in [0.717, 1.165) is 5.56 Å². The van der Waals surface area contributed by atoms with Crippen molar-refractivity contribution in [1.29, 1.82) is 0 Å². The fourth-order valence-corrected chi connectivity index (χ4v) is 2.67. The van der Waals surface area contributed by atoms with Crippen molar-refractivity contribution < 1.29 is 8.42 Å². The Labute approximate surface area is 128 Å². The summed E-state index contributed by atoms with van der Waals surface area (Å²) in [4.78, 5) is 5.17. The molecule has 0 bridgehead atoms. The molecule has 0 spiro atoms. The molecule has 2 rings (SSSR count). The molecular formula is C15H27N3O2S. The van der Waals surface area contributed by atoms with Gasteiger partial charge in [0.25, 0.3) is 0 Å². The van der Waals surface area contributed by atoms with Crippen molar-refractivity contribution in [3.05, 3.63) is 29.8 Å². The summed E-state index contributed by atoms with van der Waals surface area (Å²) in [6.07, 6.45) is 0. The van der Waals surface area contributed by atoms with Crippen LogP contribution in [0.15, 0.2) is 29.2 Å². The predicted molar refractivity (Wildman–Crippen MR) is 86.8 cm³/mol. The highest BCUT2D eigenvalue weighted by molar-refractivity contribution is 7.89. The van der Waals surface area contributed by atoms with E-state index in [4.69, 9.17) is 5.14 Å². The molecule has 1 heterocycles. The molecule has 1 aromatic carbocycles. The highest BCUT2D eigenvalue weighted by Gasteiger charge is 2.12. The van der Waals surface area contributed by atoms with E-state index in [1.54, 1.807) is 12.1 Å². The highest BCUT2D eigenvalue weighted by atomic mass is 32.2. The van der Waals surface area contributed by atoms with Crippen LogP contribution in [0.2, 0.25) is 0 Å². The average molecular weight is 313 g/mol. The maximum atomic E-state index is 10.7. The van der Waals surface area contributed by atoms with Crippen LogP contribution in [-0.2, 0) is 10.0 Å². The summed E-state index contributed by atoms with van der Waals surface area (Å²) < 4.78 is 21.4. The van der Waals surface area contributed by atoms with E-state index in [2.05, 4.69) is 23.6 Å². The van der Waals surface area contributed by atoms with E-state index in [1.807, 2.05) is 6.92 Å².